The summed E-state index contributed by atoms with van der Waals surface area (Å²) in [4.78, 5) is 70.7. The molecule has 49 heavy (non-hydrogen) atoms. The van der Waals surface area contributed by atoms with Crippen LogP contribution in [0.4, 0.5) is 9.59 Å². The van der Waals surface area contributed by atoms with Gasteiger partial charge < -0.3 is 25.0 Å². The zero-order valence-corrected chi connectivity index (χ0v) is 28.6. The second-order valence-corrected chi connectivity index (χ2v) is 15.7. The van der Waals surface area contributed by atoms with Crippen molar-refractivity contribution in [2.24, 2.45) is 5.92 Å². The van der Waals surface area contributed by atoms with E-state index in [0.717, 1.165) is 36.0 Å². The van der Waals surface area contributed by atoms with E-state index in [1.807, 2.05) is 25.1 Å². The Morgan fingerprint density at radius 1 is 1.14 bits per heavy atom. The van der Waals surface area contributed by atoms with Gasteiger partial charge in [0.1, 0.15) is 23.7 Å². The summed E-state index contributed by atoms with van der Waals surface area (Å²) in [5.74, 6) is -2.62. The molecule has 1 aromatic rings. The van der Waals surface area contributed by atoms with Gasteiger partial charge in [0.25, 0.3) is 5.91 Å². The molecule has 5 amide bonds. The van der Waals surface area contributed by atoms with Crippen LogP contribution in [0.5, 0.6) is 0 Å². The fourth-order valence-corrected chi connectivity index (χ4v) is 8.46. The fourth-order valence-electron chi connectivity index (χ4n) is 7.10. The number of cyclic esters (lactones) is 1. The Morgan fingerprint density at radius 2 is 1.92 bits per heavy atom. The number of aryl methyl sites for hydroxylation is 1. The molecule has 4 bridgehead atoms. The monoisotopic (exact) mass is 699 g/mol. The zero-order chi connectivity index (χ0) is 34.9. The SMILES string of the molecule is C=C[C@H]1C[C@]1(NC(=O)[C@@H]1C[C@@H]2CN1C(=O)[C@H](CCCC)NC(=O)OCCCCc1cccc3c1CN(C3)C(=O)O2)C(=O)NS(=O)(=O)C1CC1. The van der Waals surface area contributed by atoms with Crippen LogP contribution in [0, 0.1) is 5.92 Å². The van der Waals surface area contributed by atoms with Gasteiger partial charge in [-0.3, -0.25) is 24.0 Å². The summed E-state index contributed by atoms with van der Waals surface area (Å²) in [5.41, 5.74) is 1.65. The van der Waals surface area contributed by atoms with E-state index < -0.39 is 74.8 Å². The van der Waals surface area contributed by atoms with E-state index in [1.165, 1.54) is 11.0 Å². The predicted octanol–water partition coefficient (Wildman–Crippen LogP) is 2.40. The maximum atomic E-state index is 14.1. The molecule has 5 atom stereocenters. The van der Waals surface area contributed by atoms with Crippen molar-refractivity contribution in [3.8, 4) is 0 Å². The molecule has 266 valence electrons. The van der Waals surface area contributed by atoms with Crippen molar-refractivity contribution in [2.45, 2.75) is 113 Å². The van der Waals surface area contributed by atoms with Gasteiger partial charge in [0, 0.05) is 25.4 Å². The average molecular weight is 700 g/mol. The van der Waals surface area contributed by atoms with Crippen LogP contribution in [0.1, 0.15) is 81.4 Å². The lowest BCUT2D eigenvalue weighted by Crippen LogP contribution is -2.58. The number of nitrogens with zero attached hydrogens (tertiary/aromatic N) is 2. The molecule has 3 heterocycles. The van der Waals surface area contributed by atoms with E-state index in [0.29, 0.717) is 38.8 Å². The first-order valence-corrected chi connectivity index (χ1v) is 18.8. The number of hydrogen-bond acceptors (Lipinski definition) is 9. The third-order valence-corrected chi connectivity index (χ3v) is 12.0. The van der Waals surface area contributed by atoms with Crippen LogP contribution in [-0.4, -0.2) is 90.3 Å². The van der Waals surface area contributed by atoms with Crippen LogP contribution < -0.4 is 15.4 Å². The number of benzene rings is 1. The Balaban J connectivity index is 1.25. The van der Waals surface area contributed by atoms with Crippen molar-refractivity contribution in [3.63, 3.8) is 0 Å². The van der Waals surface area contributed by atoms with Crippen molar-refractivity contribution >= 4 is 39.9 Å². The molecule has 3 aliphatic heterocycles. The van der Waals surface area contributed by atoms with Crippen molar-refractivity contribution in [2.75, 3.05) is 13.2 Å². The predicted molar refractivity (Wildman–Crippen MR) is 176 cm³/mol. The summed E-state index contributed by atoms with van der Waals surface area (Å²) in [6, 6.07) is 3.78. The minimum atomic E-state index is -3.89. The normalized spacial score (nSPS) is 28.8. The van der Waals surface area contributed by atoms with Gasteiger partial charge >= 0.3 is 12.2 Å². The number of nitrogens with one attached hydrogen (secondary N) is 3. The van der Waals surface area contributed by atoms with Gasteiger partial charge in [-0.25, -0.2) is 18.0 Å². The molecule has 0 unspecified atom stereocenters. The van der Waals surface area contributed by atoms with E-state index in [9.17, 15) is 32.4 Å². The van der Waals surface area contributed by atoms with E-state index in [4.69, 9.17) is 9.47 Å². The summed E-state index contributed by atoms with van der Waals surface area (Å²) in [6.45, 7) is 6.47. The first kappa shape index (κ1) is 34.7. The minimum absolute atomic E-state index is 0.0584. The van der Waals surface area contributed by atoms with Crippen LogP contribution in [0.3, 0.4) is 0 Å². The molecule has 1 saturated heterocycles. The molecule has 14 nitrogen and oxygen atoms in total. The van der Waals surface area contributed by atoms with Crippen molar-refractivity contribution in [1.82, 2.24) is 25.2 Å². The highest BCUT2D eigenvalue weighted by molar-refractivity contribution is 7.91. The molecule has 1 aromatic carbocycles. The van der Waals surface area contributed by atoms with Crippen LogP contribution in [-0.2, 0) is 53.4 Å². The second kappa shape index (κ2) is 14.0. The van der Waals surface area contributed by atoms with Gasteiger partial charge in [0.2, 0.25) is 21.8 Å². The molecule has 15 heteroatoms. The highest BCUT2D eigenvalue weighted by atomic mass is 32.2. The van der Waals surface area contributed by atoms with Gasteiger partial charge in [-0.15, -0.1) is 6.58 Å². The molecule has 2 aliphatic carbocycles. The van der Waals surface area contributed by atoms with Gasteiger partial charge in [-0.05, 0) is 61.6 Å². The van der Waals surface area contributed by atoms with Crippen LogP contribution in [0.25, 0.3) is 0 Å². The lowest BCUT2D eigenvalue weighted by molar-refractivity contribution is -0.141. The standard InChI is InChI=1S/C34H45N5O9S/c1-3-5-12-27-30(41)39-19-24(16-28(39)29(40)36-34(17-23(34)4-2)31(42)37-49(45,46)25-13-14-25)48-33(44)38-18-22-11-8-10-21(26(22)20-38)9-6-7-15-47-32(43)35-27/h4,8,10-11,23-25,27-28H,2-3,5-7,9,12-20H2,1H3,(H,35,43)(H,36,40)(H,37,42)/t23-,24+,27-,28-,34+/m0/s1. The maximum Gasteiger partial charge on any atom is 0.410 e. The highest BCUT2D eigenvalue weighted by Crippen LogP contribution is 2.45. The number of carbonyl (C=O) groups excluding carboxylic acids is 5. The fraction of sp³-hybridized carbons (Fsp3) is 0.618. The Hall–Kier alpha value is -4.14. The number of rotatable bonds is 9. The van der Waals surface area contributed by atoms with E-state index in [-0.39, 0.29) is 32.4 Å². The van der Waals surface area contributed by atoms with Gasteiger partial charge in [0.15, 0.2) is 0 Å². The lowest BCUT2D eigenvalue weighted by atomic mass is 9.99. The Labute approximate surface area is 286 Å². The number of unbranched alkanes of at least 4 members (excludes halogenated alkanes) is 1. The number of hydrogen-bond donors (Lipinski definition) is 3. The van der Waals surface area contributed by atoms with E-state index >= 15 is 0 Å². The summed E-state index contributed by atoms with van der Waals surface area (Å²) < 4.78 is 38.7. The quantitative estimate of drug-likeness (QED) is 0.326. The van der Waals surface area contributed by atoms with Crippen LogP contribution in [0.2, 0.25) is 0 Å². The molecule has 3 N–H and O–H groups in total. The Morgan fingerprint density at radius 3 is 2.63 bits per heavy atom. The van der Waals surface area contributed by atoms with Crippen LogP contribution in [0.15, 0.2) is 30.9 Å². The topological polar surface area (TPSA) is 181 Å². The Kier molecular flexibility index (Phi) is 9.92. The van der Waals surface area contributed by atoms with Gasteiger partial charge in [-0.2, -0.15) is 0 Å². The molecule has 6 rings (SSSR count). The first-order valence-electron chi connectivity index (χ1n) is 17.2. The first-order chi connectivity index (χ1) is 23.5. The van der Waals surface area contributed by atoms with Crippen LogP contribution >= 0.6 is 0 Å². The lowest BCUT2D eigenvalue weighted by Gasteiger charge is -2.29. The smallest absolute Gasteiger partial charge is 0.410 e. The molecule has 0 spiro atoms. The third kappa shape index (κ3) is 7.41. The maximum absolute atomic E-state index is 14.1. The summed E-state index contributed by atoms with van der Waals surface area (Å²) in [6.07, 6.45) is 4.06. The molecule has 0 aromatic heterocycles. The molecule has 2 saturated carbocycles. The third-order valence-electron chi connectivity index (χ3n) is 10.2. The largest absolute Gasteiger partial charge is 0.450 e. The highest BCUT2D eigenvalue weighted by Gasteiger charge is 2.62. The van der Waals surface area contributed by atoms with Crippen molar-refractivity contribution < 1.29 is 41.9 Å². The van der Waals surface area contributed by atoms with E-state index in [1.54, 1.807) is 4.90 Å². The number of ether oxygens (including phenoxy) is 2. The molecular formula is C34H45N5O9S. The number of sulfonamides is 1. The zero-order valence-electron chi connectivity index (χ0n) is 27.8. The number of alkyl carbamates (subject to hydrolysis) is 1. The number of carbonyl (C=O) groups is 5. The second-order valence-electron chi connectivity index (χ2n) is 13.8. The number of amides is 5. The van der Waals surface area contributed by atoms with Crippen molar-refractivity contribution in [1.29, 1.82) is 0 Å². The molecule has 0 radical (unpaired) electrons. The summed E-state index contributed by atoms with van der Waals surface area (Å²) in [7, 11) is -3.89. The Bertz CT molecular complexity index is 1630. The van der Waals surface area contributed by atoms with Gasteiger partial charge in [0.05, 0.1) is 18.4 Å². The number of fused-ring (bicyclic) bond motifs is 3. The molecule has 3 fully saturated rings. The minimum Gasteiger partial charge on any atom is -0.450 e. The molecule has 5 aliphatic rings. The molecular weight excluding hydrogens is 654 g/mol. The summed E-state index contributed by atoms with van der Waals surface area (Å²) in [5, 5.41) is 4.78. The average Bonchev–Trinajstić information content (AvgIpc) is 3.96. The van der Waals surface area contributed by atoms with Gasteiger partial charge in [-0.1, -0.05) is 44.0 Å². The summed E-state index contributed by atoms with van der Waals surface area (Å²) >= 11 is 0. The van der Waals surface area contributed by atoms with E-state index in [2.05, 4.69) is 21.9 Å². The van der Waals surface area contributed by atoms with Crippen molar-refractivity contribution in [3.05, 3.63) is 47.5 Å².